The molecular formula is C14H13Cl2NO4. The SMILES string of the molecule is Cc1cc([N+](=O)[O-])c(O)cc1Cl.Cc1ccc(O)cc1Cl. The average Bonchev–Trinajstić information content (AvgIpc) is 2.39. The maximum absolute atomic E-state index is 10.3. The molecule has 0 radical (unpaired) electrons. The van der Waals surface area contributed by atoms with Crippen LogP contribution >= 0.6 is 23.2 Å². The lowest BCUT2D eigenvalue weighted by Crippen LogP contribution is -1.89. The van der Waals surface area contributed by atoms with E-state index in [4.69, 9.17) is 33.4 Å². The number of aryl methyl sites for hydroxylation is 2. The molecule has 112 valence electrons. The van der Waals surface area contributed by atoms with E-state index in [0.717, 1.165) is 11.6 Å². The number of nitro groups is 1. The first kappa shape index (κ1) is 17.1. The molecule has 5 nitrogen and oxygen atoms in total. The Hall–Kier alpha value is -1.98. The Morgan fingerprint density at radius 1 is 1.00 bits per heavy atom. The van der Waals surface area contributed by atoms with Gasteiger partial charge in [-0.3, -0.25) is 10.1 Å². The lowest BCUT2D eigenvalue weighted by molar-refractivity contribution is -0.385. The minimum Gasteiger partial charge on any atom is -0.508 e. The van der Waals surface area contributed by atoms with Crippen LogP contribution in [0.2, 0.25) is 10.0 Å². The van der Waals surface area contributed by atoms with Gasteiger partial charge in [-0.15, -0.1) is 0 Å². The molecule has 0 saturated carbocycles. The molecule has 2 aromatic carbocycles. The van der Waals surface area contributed by atoms with E-state index in [1.54, 1.807) is 19.1 Å². The molecule has 0 aliphatic heterocycles. The van der Waals surface area contributed by atoms with Gasteiger partial charge in [-0.2, -0.15) is 0 Å². The summed E-state index contributed by atoms with van der Waals surface area (Å²) in [7, 11) is 0. The smallest absolute Gasteiger partial charge is 0.311 e. The fourth-order valence-corrected chi connectivity index (χ4v) is 1.72. The van der Waals surface area contributed by atoms with Gasteiger partial charge in [0.2, 0.25) is 0 Å². The molecule has 0 aliphatic rings. The third-order valence-electron chi connectivity index (χ3n) is 2.61. The number of benzene rings is 2. The maximum Gasteiger partial charge on any atom is 0.311 e. The van der Waals surface area contributed by atoms with Crippen LogP contribution in [-0.4, -0.2) is 15.1 Å². The molecule has 0 heterocycles. The summed E-state index contributed by atoms with van der Waals surface area (Å²) in [6.07, 6.45) is 0. The highest BCUT2D eigenvalue weighted by atomic mass is 35.5. The standard InChI is InChI=1S/C7H6ClNO3.C7H7ClO/c1-4-2-6(9(11)12)7(10)3-5(4)8;1-5-2-3-6(9)4-7(5)8/h2-3,10H,1H3;2-4,9H,1H3. The quantitative estimate of drug-likeness (QED) is 0.590. The third-order valence-corrected chi connectivity index (χ3v) is 3.42. The van der Waals surface area contributed by atoms with E-state index >= 15 is 0 Å². The number of phenolic OH excluding ortho intramolecular Hbond substituents is 2. The minimum absolute atomic E-state index is 0.214. The summed E-state index contributed by atoms with van der Waals surface area (Å²) in [5, 5.41) is 29.1. The van der Waals surface area contributed by atoms with E-state index in [0.29, 0.717) is 15.6 Å². The Balaban J connectivity index is 0.000000219. The molecule has 0 bridgehead atoms. The van der Waals surface area contributed by atoms with Gasteiger partial charge in [-0.05, 0) is 37.1 Å². The Bertz CT molecular complexity index is 674. The number of nitrogens with zero attached hydrogens (tertiary/aromatic N) is 1. The van der Waals surface area contributed by atoms with Crippen LogP contribution in [0.25, 0.3) is 0 Å². The summed E-state index contributed by atoms with van der Waals surface area (Å²) in [5.41, 5.74) is 1.23. The molecule has 0 spiro atoms. The molecule has 0 aliphatic carbocycles. The average molecular weight is 330 g/mol. The molecule has 0 fully saturated rings. The summed E-state index contributed by atoms with van der Waals surface area (Å²) in [6.45, 7) is 3.52. The number of hydrogen-bond donors (Lipinski definition) is 2. The van der Waals surface area contributed by atoms with Crippen LogP contribution in [0.4, 0.5) is 5.69 Å². The Kier molecular flexibility index (Phi) is 5.81. The summed E-state index contributed by atoms with van der Waals surface area (Å²) < 4.78 is 0. The van der Waals surface area contributed by atoms with Gasteiger partial charge >= 0.3 is 5.69 Å². The molecule has 0 aromatic heterocycles. The van der Waals surface area contributed by atoms with Crippen LogP contribution in [0.3, 0.4) is 0 Å². The fourth-order valence-electron chi connectivity index (χ4n) is 1.38. The van der Waals surface area contributed by atoms with E-state index < -0.39 is 10.7 Å². The largest absolute Gasteiger partial charge is 0.508 e. The highest BCUT2D eigenvalue weighted by Gasteiger charge is 2.14. The zero-order chi connectivity index (χ0) is 16.2. The van der Waals surface area contributed by atoms with Gasteiger partial charge < -0.3 is 10.2 Å². The summed E-state index contributed by atoms with van der Waals surface area (Å²) >= 11 is 11.3. The molecular weight excluding hydrogens is 317 g/mol. The first-order chi connectivity index (χ1) is 9.72. The highest BCUT2D eigenvalue weighted by Crippen LogP contribution is 2.31. The fraction of sp³-hybridized carbons (Fsp3) is 0.143. The summed E-state index contributed by atoms with van der Waals surface area (Å²) in [5.74, 6) is -0.193. The highest BCUT2D eigenvalue weighted by molar-refractivity contribution is 6.31. The van der Waals surface area contributed by atoms with Crippen LogP contribution < -0.4 is 0 Å². The van der Waals surface area contributed by atoms with Crippen LogP contribution in [-0.2, 0) is 0 Å². The van der Waals surface area contributed by atoms with Crippen LogP contribution in [0.15, 0.2) is 30.3 Å². The molecule has 0 unspecified atom stereocenters. The van der Waals surface area contributed by atoms with Gasteiger partial charge in [0.15, 0.2) is 5.75 Å². The monoisotopic (exact) mass is 329 g/mol. The second-order valence-corrected chi connectivity index (χ2v) is 5.10. The molecule has 21 heavy (non-hydrogen) atoms. The lowest BCUT2D eigenvalue weighted by atomic mass is 10.2. The van der Waals surface area contributed by atoms with Crippen molar-refractivity contribution in [2.45, 2.75) is 13.8 Å². The predicted molar refractivity (Wildman–Crippen MR) is 82.4 cm³/mol. The van der Waals surface area contributed by atoms with E-state index in [1.807, 2.05) is 6.92 Å². The number of rotatable bonds is 1. The van der Waals surface area contributed by atoms with Crippen molar-refractivity contribution in [3.05, 3.63) is 61.6 Å². The van der Waals surface area contributed by atoms with Crippen molar-refractivity contribution in [2.24, 2.45) is 0 Å². The number of nitro benzene ring substituents is 1. The van der Waals surface area contributed by atoms with Crippen molar-refractivity contribution >= 4 is 28.9 Å². The topological polar surface area (TPSA) is 83.6 Å². The van der Waals surface area contributed by atoms with Gasteiger partial charge in [0.25, 0.3) is 0 Å². The van der Waals surface area contributed by atoms with Crippen molar-refractivity contribution in [1.29, 1.82) is 0 Å². The molecule has 7 heteroatoms. The van der Waals surface area contributed by atoms with E-state index in [1.165, 1.54) is 12.1 Å². The first-order valence-corrected chi connectivity index (χ1v) is 6.56. The van der Waals surface area contributed by atoms with E-state index in [9.17, 15) is 10.1 Å². The second-order valence-electron chi connectivity index (χ2n) is 4.28. The van der Waals surface area contributed by atoms with Crippen molar-refractivity contribution in [2.75, 3.05) is 0 Å². The van der Waals surface area contributed by atoms with E-state index in [2.05, 4.69) is 0 Å². The zero-order valence-electron chi connectivity index (χ0n) is 11.3. The number of aromatic hydroxyl groups is 2. The molecule has 2 rings (SSSR count). The third kappa shape index (κ3) is 4.81. The van der Waals surface area contributed by atoms with Crippen LogP contribution in [0.1, 0.15) is 11.1 Å². The van der Waals surface area contributed by atoms with Gasteiger partial charge in [-0.25, -0.2) is 0 Å². The zero-order valence-corrected chi connectivity index (χ0v) is 12.8. The molecule has 2 N–H and O–H groups in total. The summed E-state index contributed by atoms with van der Waals surface area (Å²) in [4.78, 5) is 9.63. The van der Waals surface area contributed by atoms with Gasteiger partial charge in [0.1, 0.15) is 5.75 Å². The van der Waals surface area contributed by atoms with Crippen molar-refractivity contribution < 1.29 is 15.1 Å². The number of halogens is 2. The Morgan fingerprint density at radius 2 is 1.57 bits per heavy atom. The first-order valence-electron chi connectivity index (χ1n) is 5.81. The van der Waals surface area contributed by atoms with Crippen LogP contribution in [0, 0.1) is 24.0 Å². The van der Waals surface area contributed by atoms with Crippen molar-refractivity contribution in [3.63, 3.8) is 0 Å². The molecule has 2 aromatic rings. The van der Waals surface area contributed by atoms with Crippen molar-refractivity contribution in [3.8, 4) is 11.5 Å². The lowest BCUT2D eigenvalue weighted by Gasteiger charge is -1.99. The predicted octanol–water partition coefficient (Wildman–Crippen LogP) is 4.62. The van der Waals surface area contributed by atoms with Gasteiger partial charge in [0.05, 0.1) is 4.92 Å². The Labute approximate surface area is 131 Å². The van der Waals surface area contributed by atoms with Crippen molar-refractivity contribution in [1.82, 2.24) is 0 Å². The second kappa shape index (κ2) is 7.15. The molecule has 0 atom stereocenters. The normalized spacial score (nSPS) is 9.71. The van der Waals surface area contributed by atoms with Crippen LogP contribution in [0.5, 0.6) is 11.5 Å². The summed E-state index contributed by atoms with van der Waals surface area (Å²) in [6, 6.07) is 7.31. The minimum atomic E-state index is -0.654. The van der Waals surface area contributed by atoms with Gasteiger partial charge in [0, 0.05) is 22.2 Å². The van der Waals surface area contributed by atoms with E-state index in [-0.39, 0.29) is 11.4 Å². The molecule has 0 saturated heterocycles. The van der Waals surface area contributed by atoms with Gasteiger partial charge in [-0.1, -0.05) is 29.3 Å². The Morgan fingerprint density at radius 3 is 2.05 bits per heavy atom. The maximum atomic E-state index is 10.3. The molecule has 0 amide bonds. The number of phenols is 2. The number of hydrogen-bond acceptors (Lipinski definition) is 4.